The Morgan fingerprint density at radius 3 is 2.42 bits per heavy atom. The maximum Gasteiger partial charge on any atom is 0.248 e. The molecule has 3 heteroatoms. The molecule has 0 aromatic heterocycles. The summed E-state index contributed by atoms with van der Waals surface area (Å²) < 4.78 is 28.1. The van der Waals surface area contributed by atoms with Gasteiger partial charge in [-0.1, -0.05) is 40.5 Å². The molecule has 3 fully saturated rings. The summed E-state index contributed by atoms with van der Waals surface area (Å²) in [7, 11) is 0. The fourth-order valence-corrected chi connectivity index (χ4v) is 7.07. The van der Waals surface area contributed by atoms with Gasteiger partial charge in [0.05, 0.1) is 0 Å². The van der Waals surface area contributed by atoms with Crippen LogP contribution in [-0.4, -0.2) is 17.6 Å². The molecule has 3 saturated carbocycles. The molecule has 3 aliphatic carbocycles. The van der Waals surface area contributed by atoms with Gasteiger partial charge in [0, 0.05) is 19.4 Å². The summed E-state index contributed by atoms with van der Waals surface area (Å²) in [5, 5.41) is 10.2. The van der Waals surface area contributed by atoms with Crippen molar-refractivity contribution in [2.45, 2.75) is 97.8 Å². The normalized spacial score (nSPS) is 45.2. The van der Waals surface area contributed by atoms with Gasteiger partial charge in [0.25, 0.3) is 0 Å². The first kappa shape index (κ1) is 20.6. The third-order valence-corrected chi connectivity index (χ3v) is 8.82. The van der Waals surface area contributed by atoms with Crippen molar-refractivity contribution in [2.24, 2.45) is 40.4 Å². The van der Waals surface area contributed by atoms with Crippen LogP contribution >= 0.6 is 0 Å². The molecule has 0 saturated heterocycles. The van der Waals surface area contributed by atoms with Crippen LogP contribution in [0.1, 0.15) is 91.9 Å². The summed E-state index contributed by atoms with van der Waals surface area (Å²) in [4.78, 5) is 0. The van der Waals surface area contributed by atoms with Crippen molar-refractivity contribution in [1.29, 1.82) is 0 Å². The van der Waals surface area contributed by atoms with Crippen molar-refractivity contribution in [3.8, 4) is 0 Å². The number of alkyl halides is 2. The molecular formula is C23H40F2O. The summed E-state index contributed by atoms with van der Waals surface area (Å²) in [5.41, 5.74) is 0.123. The second-order valence-corrected chi connectivity index (χ2v) is 10.9. The van der Waals surface area contributed by atoms with Crippen molar-refractivity contribution in [3.05, 3.63) is 0 Å². The van der Waals surface area contributed by atoms with E-state index in [-0.39, 0.29) is 36.2 Å². The van der Waals surface area contributed by atoms with E-state index in [1.54, 1.807) is 0 Å². The summed E-state index contributed by atoms with van der Waals surface area (Å²) in [6, 6.07) is 0. The predicted molar refractivity (Wildman–Crippen MR) is 103 cm³/mol. The van der Waals surface area contributed by atoms with E-state index in [1.165, 1.54) is 19.3 Å². The van der Waals surface area contributed by atoms with E-state index in [1.807, 2.05) is 0 Å². The summed E-state index contributed by atoms with van der Waals surface area (Å²) in [6.45, 7) is 9.46. The van der Waals surface area contributed by atoms with Gasteiger partial charge >= 0.3 is 0 Å². The molecule has 6 atom stereocenters. The molecule has 0 spiro atoms. The monoisotopic (exact) mass is 370 g/mol. The lowest BCUT2D eigenvalue weighted by atomic mass is 9.44. The minimum Gasteiger partial charge on any atom is -0.396 e. The number of halogens is 2. The zero-order valence-electron chi connectivity index (χ0n) is 17.4. The van der Waals surface area contributed by atoms with E-state index in [0.29, 0.717) is 24.2 Å². The van der Waals surface area contributed by atoms with Gasteiger partial charge in [0.15, 0.2) is 0 Å². The Hall–Kier alpha value is -0.180. The minimum absolute atomic E-state index is 0.0277. The Balaban J connectivity index is 1.79. The van der Waals surface area contributed by atoms with Crippen LogP contribution in [0.25, 0.3) is 0 Å². The lowest BCUT2D eigenvalue weighted by Gasteiger charge is -2.61. The van der Waals surface area contributed by atoms with Crippen LogP contribution in [0.5, 0.6) is 0 Å². The fourth-order valence-electron chi connectivity index (χ4n) is 7.07. The predicted octanol–water partition coefficient (Wildman–Crippen LogP) is 6.69. The van der Waals surface area contributed by atoms with Gasteiger partial charge in [-0.05, 0) is 78.9 Å². The molecule has 0 radical (unpaired) electrons. The van der Waals surface area contributed by atoms with Crippen molar-refractivity contribution in [2.75, 3.05) is 6.61 Å². The maximum atomic E-state index is 14.0. The van der Waals surface area contributed by atoms with E-state index in [4.69, 9.17) is 0 Å². The number of hydrogen-bond acceptors (Lipinski definition) is 1. The Bertz CT molecular complexity index is 489. The molecule has 0 aliphatic heterocycles. The van der Waals surface area contributed by atoms with E-state index in [2.05, 4.69) is 27.7 Å². The first-order valence-corrected chi connectivity index (χ1v) is 11.1. The van der Waals surface area contributed by atoms with Gasteiger partial charge in [-0.15, -0.1) is 0 Å². The molecule has 0 aromatic rings. The van der Waals surface area contributed by atoms with Crippen LogP contribution in [0.15, 0.2) is 0 Å². The highest BCUT2D eigenvalue weighted by Gasteiger charge is 2.58. The minimum atomic E-state index is -2.44. The SMILES string of the molecule is CC(C)CCC[C@H]1[C@@H]2CC[C@H]3CC(F)(F)CC[C@]3(C)[C@H]2CC[C@]1(C)CO. The van der Waals surface area contributed by atoms with E-state index in [9.17, 15) is 13.9 Å². The summed E-state index contributed by atoms with van der Waals surface area (Å²) >= 11 is 0. The Kier molecular flexibility index (Phi) is 5.80. The van der Waals surface area contributed by atoms with Gasteiger partial charge in [0.2, 0.25) is 5.92 Å². The average Bonchev–Trinajstić information content (AvgIpc) is 2.57. The first-order chi connectivity index (χ1) is 12.1. The summed E-state index contributed by atoms with van der Waals surface area (Å²) in [5.74, 6) is 0.250. The molecule has 26 heavy (non-hydrogen) atoms. The van der Waals surface area contributed by atoms with Crippen LogP contribution in [0.3, 0.4) is 0 Å². The van der Waals surface area contributed by atoms with Crippen LogP contribution < -0.4 is 0 Å². The van der Waals surface area contributed by atoms with Gasteiger partial charge < -0.3 is 5.11 Å². The van der Waals surface area contributed by atoms with E-state index < -0.39 is 5.92 Å². The molecule has 0 bridgehead atoms. The molecule has 3 aliphatic rings. The third-order valence-electron chi connectivity index (χ3n) is 8.82. The highest BCUT2D eigenvalue weighted by Crippen LogP contribution is 2.65. The smallest absolute Gasteiger partial charge is 0.248 e. The number of hydrogen-bond donors (Lipinski definition) is 1. The second kappa shape index (κ2) is 7.33. The number of aliphatic hydroxyl groups excluding tert-OH is 1. The van der Waals surface area contributed by atoms with Gasteiger partial charge in [-0.3, -0.25) is 0 Å². The molecule has 1 nitrogen and oxygen atoms in total. The second-order valence-electron chi connectivity index (χ2n) is 10.9. The van der Waals surface area contributed by atoms with Gasteiger partial charge in [-0.25, -0.2) is 8.78 Å². The van der Waals surface area contributed by atoms with Crippen molar-refractivity contribution < 1.29 is 13.9 Å². The Morgan fingerprint density at radius 1 is 1.04 bits per heavy atom. The quantitative estimate of drug-likeness (QED) is 0.571. The molecule has 0 amide bonds. The number of rotatable bonds is 5. The van der Waals surface area contributed by atoms with Crippen LogP contribution in [0.4, 0.5) is 8.78 Å². The lowest BCUT2D eigenvalue weighted by Crippen LogP contribution is -2.55. The van der Waals surface area contributed by atoms with Gasteiger partial charge in [0.1, 0.15) is 0 Å². The highest BCUT2D eigenvalue weighted by atomic mass is 19.3. The highest BCUT2D eigenvalue weighted by molar-refractivity contribution is 5.06. The largest absolute Gasteiger partial charge is 0.396 e. The topological polar surface area (TPSA) is 20.2 Å². The molecule has 0 heterocycles. The van der Waals surface area contributed by atoms with Crippen LogP contribution in [0.2, 0.25) is 0 Å². The molecule has 0 aromatic carbocycles. The zero-order valence-corrected chi connectivity index (χ0v) is 17.4. The van der Waals surface area contributed by atoms with Crippen molar-refractivity contribution >= 4 is 0 Å². The molecule has 1 N–H and O–H groups in total. The fraction of sp³-hybridized carbons (Fsp3) is 1.00. The van der Waals surface area contributed by atoms with E-state index in [0.717, 1.165) is 31.6 Å². The molecule has 3 rings (SSSR count). The van der Waals surface area contributed by atoms with Gasteiger partial charge in [-0.2, -0.15) is 0 Å². The Labute approximate surface area is 159 Å². The first-order valence-electron chi connectivity index (χ1n) is 11.1. The van der Waals surface area contributed by atoms with Crippen LogP contribution in [-0.2, 0) is 0 Å². The standard InChI is InChI=1S/C23H40F2O/c1-16(2)6-5-7-19-18-9-8-17-14-23(24,25)13-12-22(17,4)20(18)10-11-21(19,3)15-26/h16-20,26H,5-15H2,1-4H3/t17-,18-,19-,20-,21+,22-/m0/s1. The average molecular weight is 371 g/mol. The number of fused-ring (bicyclic) bond motifs is 3. The molecule has 152 valence electrons. The Morgan fingerprint density at radius 2 is 1.77 bits per heavy atom. The summed E-state index contributed by atoms with van der Waals surface area (Å²) in [6.07, 6.45) is 8.84. The van der Waals surface area contributed by atoms with Crippen molar-refractivity contribution in [1.82, 2.24) is 0 Å². The number of aliphatic hydroxyl groups is 1. The maximum absolute atomic E-state index is 14.0. The van der Waals surface area contributed by atoms with Crippen LogP contribution in [0, 0.1) is 40.4 Å². The lowest BCUT2D eigenvalue weighted by molar-refractivity contribution is -0.169. The van der Waals surface area contributed by atoms with Crippen molar-refractivity contribution in [3.63, 3.8) is 0 Å². The molecule has 0 unspecified atom stereocenters. The molecular weight excluding hydrogens is 330 g/mol. The third kappa shape index (κ3) is 3.71. The zero-order chi connectivity index (χ0) is 19.2. The van der Waals surface area contributed by atoms with E-state index >= 15 is 0 Å².